The maximum atomic E-state index is 4.46. The molecule has 0 saturated carbocycles. The molecule has 2 rings (SSSR count). The molecule has 0 unspecified atom stereocenters. The molecule has 1 heterocycles. The molecule has 0 amide bonds. The maximum absolute atomic E-state index is 4.46. The first-order chi connectivity index (χ1) is 7.42. The average Bonchev–Trinajstić information content (AvgIpc) is 2.31. The zero-order chi connectivity index (χ0) is 10.5. The molecular formula is C13H16N2. The Kier molecular flexibility index (Phi) is 3.18. The molecule has 0 bridgehead atoms. The van der Waals surface area contributed by atoms with Crippen LogP contribution in [0.3, 0.4) is 0 Å². The largest absolute Gasteiger partial charge is 0.352 e. The zero-order valence-corrected chi connectivity index (χ0v) is 9.06. The second-order valence-corrected chi connectivity index (χ2v) is 3.65. The van der Waals surface area contributed by atoms with Gasteiger partial charge in [-0.2, -0.15) is 0 Å². The highest BCUT2D eigenvalue weighted by molar-refractivity contribution is 5.99. The van der Waals surface area contributed by atoms with Gasteiger partial charge in [0.2, 0.25) is 0 Å². The van der Waals surface area contributed by atoms with E-state index >= 15 is 0 Å². The van der Waals surface area contributed by atoms with E-state index in [9.17, 15) is 0 Å². The fourth-order valence-electron chi connectivity index (χ4n) is 1.78. The molecule has 0 N–H and O–H groups in total. The van der Waals surface area contributed by atoms with Gasteiger partial charge in [0, 0.05) is 24.9 Å². The lowest BCUT2D eigenvalue weighted by Gasteiger charge is -2.26. The molecule has 0 aliphatic carbocycles. The van der Waals surface area contributed by atoms with Gasteiger partial charge < -0.3 is 4.90 Å². The van der Waals surface area contributed by atoms with Crippen LogP contribution in [-0.2, 0) is 0 Å². The van der Waals surface area contributed by atoms with Crippen LogP contribution in [0.2, 0.25) is 0 Å². The van der Waals surface area contributed by atoms with Crippen molar-refractivity contribution in [1.82, 2.24) is 4.90 Å². The van der Waals surface area contributed by atoms with Crippen molar-refractivity contribution in [3.63, 3.8) is 0 Å². The molecule has 78 valence electrons. The zero-order valence-electron chi connectivity index (χ0n) is 9.06. The third kappa shape index (κ3) is 2.27. The van der Waals surface area contributed by atoms with E-state index in [-0.39, 0.29) is 0 Å². The highest BCUT2D eigenvalue weighted by Gasteiger charge is 2.12. The fourth-order valence-corrected chi connectivity index (χ4v) is 1.78. The summed E-state index contributed by atoms with van der Waals surface area (Å²) in [5.74, 6) is 1.10. The SMILES string of the molecule is CCCN1CC=CN=C1c1ccccc1. The van der Waals surface area contributed by atoms with Crippen LogP contribution in [0.25, 0.3) is 0 Å². The fraction of sp³-hybridized carbons (Fsp3) is 0.308. The molecule has 0 saturated heterocycles. The number of hydrogen-bond acceptors (Lipinski definition) is 2. The van der Waals surface area contributed by atoms with Gasteiger partial charge in [-0.25, -0.2) is 4.99 Å². The third-order valence-corrected chi connectivity index (χ3v) is 2.45. The highest BCUT2D eigenvalue weighted by Crippen LogP contribution is 2.10. The van der Waals surface area contributed by atoms with Crippen LogP contribution < -0.4 is 0 Å². The van der Waals surface area contributed by atoms with Crippen molar-refractivity contribution in [3.05, 3.63) is 48.2 Å². The van der Waals surface area contributed by atoms with Crippen LogP contribution in [0.15, 0.2) is 47.6 Å². The Labute approximate surface area is 90.9 Å². The summed E-state index contributed by atoms with van der Waals surface area (Å²) >= 11 is 0. The standard InChI is InChI=1S/C13H16N2/c1-2-10-15-11-6-9-14-13(15)12-7-4-3-5-8-12/h3-9H,2,10-11H2,1H3. The van der Waals surface area contributed by atoms with Gasteiger partial charge in [-0.3, -0.25) is 0 Å². The van der Waals surface area contributed by atoms with Crippen LogP contribution in [-0.4, -0.2) is 23.8 Å². The third-order valence-electron chi connectivity index (χ3n) is 2.45. The van der Waals surface area contributed by atoms with E-state index in [0.717, 1.165) is 25.3 Å². The number of aliphatic imine (C=N–C) groups is 1. The van der Waals surface area contributed by atoms with Crippen molar-refractivity contribution < 1.29 is 0 Å². The molecule has 2 nitrogen and oxygen atoms in total. The Hall–Kier alpha value is -1.57. The van der Waals surface area contributed by atoms with Gasteiger partial charge in [0.25, 0.3) is 0 Å². The Morgan fingerprint density at radius 2 is 2.07 bits per heavy atom. The summed E-state index contributed by atoms with van der Waals surface area (Å²) in [6, 6.07) is 10.4. The summed E-state index contributed by atoms with van der Waals surface area (Å²) in [5, 5.41) is 0. The van der Waals surface area contributed by atoms with Crippen LogP contribution in [0.1, 0.15) is 18.9 Å². The molecular weight excluding hydrogens is 184 g/mol. The van der Waals surface area contributed by atoms with Crippen molar-refractivity contribution in [2.24, 2.45) is 4.99 Å². The molecule has 1 aromatic carbocycles. The van der Waals surface area contributed by atoms with Gasteiger partial charge in [0.1, 0.15) is 5.84 Å². The minimum Gasteiger partial charge on any atom is -0.352 e. The molecule has 0 atom stereocenters. The Morgan fingerprint density at radius 1 is 1.27 bits per heavy atom. The second-order valence-electron chi connectivity index (χ2n) is 3.65. The quantitative estimate of drug-likeness (QED) is 0.732. The average molecular weight is 200 g/mol. The molecule has 15 heavy (non-hydrogen) atoms. The molecule has 2 heteroatoms. The van der Waals surface area contributed by atoms with E-state index in [0.29, 0.717) is 0 Å². The van der Waals surface area contributed by atoms with Gasteiger partial charge in [0.15, 0.2) is 0 Å². The van der Waals surface area contributed by atoms with Crippen LogP contribution in [0.4, 0.5) is 0 Å². The molecule has 0 spiro atoms. The monoisotopic (exact) mass is 200 g/mol. The van der Waals surface area contributed by atoms with Crippen LogP contribution >= 0.6 is 0 Å². The lowest BCUT2D eigenvalue weighted by Crippen LogP contribution is -2.34. The first-order valence-corrected chi connectivity index (χ1v) is 5.45. The number of benzene rings is 1. The normalized spacial score (nSPS) is 15.3. The molecule has 0 fully saturated rings. The summed E-state index contributed by atoms with van der Waals surface area (Å²) in [6.45, 7) is 4.24. The lowest BCUT2D eigenvalue weighted by atomic mass is 10.1. The second kappa shape index (κ2) is 4.78. The topological polar surface area (TPSA) is 15.6 Å². The van der Waals surface area contributed by atoms with Crippen molar-refractivity contribution in [1.29, 1.82) is 0 Å². The molecule has 0 radical (unpaired) electrons. The number of amidine groups is 1. The molecule has 1 aliphatic heterocycles. The number of rotatable bonds is 3. The van der Waals surface area contributed by atoms with Crippen molar-refractivity contribution in [3.8, 4) is 0 Å². The van der Waals surface area contributed by atoms with Gasteiger partial charge in [-0.1, -0.05) is 37.3 Å². The van der Waals surface area contributed by atoms with Crippen LogP contribution in [0.5, 0.6) is 0 Å². The van der Waals surface area contributed by atoms with Crippen molar-refractivity contribution in [2.75, 3.05) is 13.1 Å². The summed E-state index contributed by atoms with van der Waals surface area (Å²) in [5.41, 5.74) is 1.20. The number of hydrogen-bond donors (Lipinski definition) is 0. The van der Waals surface area contributed by atoms with E-state index < -0.39 is 0 Å². The van der Waals surface area contributed by atoms with Gasteiger partial charge in [-0.05, 0) is 12.5 Å². The van der Waals surface area contributed by atoms with E-state index in [1.54, 1.807) is 0 Å². The maximum Gasteiger partial charge on any atom is 0.136 e. The van der Waals surface area contributed by atoms with E-state index in [1.165, 1.54) is 5.56 Å². The molecule has 0 aromatic heterocycles. The predicted octanol–water partition coefficient (Wildman–Crippen LogP) is 2.67. The first-order valence-electron chi connectivity index (χ1n) is 5.45. The van der Waals surface area contributed by atoms with Gasteiger partial charge >= 0.3 is 0 Å². The van der Waals surface area contributed by atoms with Crippen molar-refractivity contribution in [2.45, 2.75) is 13.3 Å². The Balaban J connectivity index is 2.25. The lowest BCUT2D eigenvalue weighted by molar-refractivity contribution is 0.455. The van der Waals surface area contributed by atoms with Gasteiger partial charge in [-0.15, -0.1) is 0 Å². The first kappa shape index (κ1) is 9.97. The smallest absolute Gasteiger partial charge is 0.136 e. The summed E-state index contributed by atoms with van der Waals surface area (Å²) < 4.78 is 0. The van der Waals surface area contributed by atoms with Crippen molar-refractivity contribution >= 4 is 5.84 Å². The van der Waals surface area contributed by atoms with Crippen LogP contribution in [0, 0.1) is 0 Å². The minimum atomic E-state index is 0.974. The Bertz CT molecular complexity index is 365. The summed E-state index contributed by atoms with van der Waals surface area (Å²) in [6.07, 6.45) is 5.15. The Morgan fingerprint density at radius 3 is 2.80 bits per heavy atom. The van der Waals surface area contributed by atoms with E-state index in [2.05, 4.69) is 47.2 Å². The number of nitrogens with zero attached hydrogens (tertiary/aromatic N) is 2. The highest BCUT2D eigenvalue weighted by atomic mass is 15.2. The van der Waals surface area contributed by atoms with Gasteiger partial charge in [0.05, 0.1) is 0 Å². The summed E-state index contributed by atoms with van der Waals surface area (Å²) in [4.78, 5) is 6.78. The van der Waals surface area contributed by atoms with E-state index in [1.807, 2.05) is 12.3 Å². The molecule has 1 aromatic rings. The minimum absolute atomic E-state index is 0.974. The molecule has 1 aliphatic rings. The predicted molar refractivity (Wildman–Crippen MR) is 64.0 cm³/mol. The summed E-state index contributed by atoms with van der Waals surface area (Å²) in [7, 11) is 0. The van der Waals surface area contributed by atoms with E-state index in [4.69, 9.17) is 0 Å².